The molecule has 1 aromatic rings. The number of nitrogens with zero attached hydrogens (tertiary/aromatic N) is 1. The number of thiophene rings is 1. The Morgan fingerprint density at radius 2 is 2.25 bits per heavy atom. The van der Waals surface area contributed by atoms with Crippen LogP contribution in [0.3, 0.4) is 0 Å². The van der Waals surface area contributed by atoms with Crippen molar-refractivity contribution in [3.8, 4) is 0 Å². The summed E-state index contributed by atoms with van der Waals surface area (Å²) in [5.74, 6) is -0.128. The zero-order valence-corrected chi connectivity index (χ0v) is 8.37. The number of hydrogen-bond donors (Lipinski definition) is 1. The fraction of sp³-hybridized carbons (Fsp3) is 0.286. The van der Waals surface area contributed by atoms with Gasteiger partial charge in [-0.15, -0.1) is 11.3 Å². The lowest BCUT2D eigenvalue weighted by atomic mass is 10.4. The largest absolute Gasteiger partial charge is 0.285 e. The van der Waals surface area contributed by atoms with Crippen molar-refractivity contribution >= 4 is 28.8 Å². The Bertz CT molecular complexity index is 285. The summed E-state index contributed by atoms with van der Waals surface area (Å²) in [6.45, 7) is 0. The lowest BCUT2D eigenvalue weighted by molar-refractivity contribution is 0.0861. The Kier molecular flexibility index (Phi) is 3.08. The van der Waals surface area contributed by atoms with E-state index in [1.807, 2.05) is 0 Å². The first-order valence-corrected chi connectivity index (χ1v) is 4.52. The maximum absolute atomic E-state index is 11.3. The molecule has 0 atom stereocenters. The first-order valence-electron chi connectivity index (χ1n) is 3.33. The summed E-state index contributed by atoms with van der Waals surface area (Å²) in [5, 5.41) is 1.59. The molecule has 0 saturated carbocycles. The molecule has 0 saturated heterocycles. The second kappa shape index (κ2) is 3.89. The number of rotatable bonds is 2. The number of hydrogen-bond acceptors (Lipinski definition) is 3. The van der Waals surface area contributed by atoms with Crippen LogP contribution in [-0.2, 0) is 0 Å². The first kappa shape index (κ1) is 9.51. The Morgan fingerprint density at radius 1 is 1.58 bits per heavy atom. The van der Waals surface area contributed by atoms with Gasteiger partial charge < -0.3 is 0 Å². The molecule has 0 spiro atoms. The van der Waals surface area contributed by atoms with Crippen molar-refractivity contribution in [2.24, 2.45) is 0 Å². The van der Waals surface area contributed by atoms with Crippen LogP contribution in [-0.4, -0.2) is 25.0 Å². The van der Waals surface area contributed by atoms with E-state index in [4.69, 9.17) is 11.6 Å². The number of nitrogens with one attached hydrogen (secondary N) is 1. The van der Waals surface area contributed by atoms with Crippen molar-refractivity contribution in [1.29, 1.82) is 0 Å². The molecule has 3 nitrogen and oxygen atoms in total. The lowest BCUT2D eigenvalue weighted by Gasteiger charge is -2.09. The quantitative estimate of drug-likeness (QED) is 0.743. The van der Waals surface area contributed by atoms with Gasteiger partial charge >= 0.3 is 0 Å². The highest BCUT2D eigenvalue weighted by molar-refractivity contribution is 7.17. The van der Waals surface area contributed by atoms with Crippen molar-refractivity contribution in [1.82, 2.24) is 10.4 Å². The Balaban J connectivity index is 2.65. The van der Waals surface area contributed by atoms with Crippen molar-refractivity contribution in [2.45, 2.75) is 0 Å². The minimum absolute atomic E-state index is 0.128. The maximum atomic E-state index is 11.3. The summed E-state index contributed by atoms with van der Waals surface area (Å²) < 4.78 is 0.624. The molecule has 0 aliphatic heterocycles. The second-order valence-electron chi connectivity index (χ2n) is 2.44. The van der Waals surface area contributed by atoms with E-state index in [0.717, 1.165) is 0 Å². The van der Waals surface area contributed by atoms with E-state index in [9.17, 15) is 4.79 Å². The van der Waals surface area contributed by atoms with Crippen LogP contribution in [0.25, 0.3) is 0 Å². The van der Waals surface area contributed by atoms with E-state index in [1.165, 1.54) is 11.3 Å². The molecule has 0 aliphatic carbocycles. The Morgan fingerprint density at radius 3 is 2.67 bits per heavy atom. The summed E-state index contributed by atoms with van der Waals surface area (Å²) in [7, 11) is 3.51. The summed E-state index contributed by atoms with van der Waals surface area (Å²) in [4.78, 5) is 11.9. The minimum Gasteiger partial charge on any atom is -0.285 e. The molecule has 0 fully saturated rings. The normalized spacial score (nSPS) is 10.3. The second-order valence-corrected chi connectivity index (χ2v) is 4.15. The molecule has 0 unspecified atom stereocenters. The first-order chi connectivity index (χ1) is 5.59. The molecule has 66 valence electrons. The SMILES string of the molecule is CN(C)NC(=O)c1ccc(Cl)s1. The molecule has 1 N–H and O–H groups in total. The highest BCUT2D eigenvalue weighted by Gasteiger charge is 2.07. The van der Waals surface area contributed by atoms with Gasteiger partial charge in [-0.05, 0) is 12.1 Å². The molecule has 12 heavy (non-hydrogen) atoms. The Labute approximate surface area is 79.9 Å². The predicted octanol–water partition coefficient (Wildman–Crippen LogP) is 1.61. The maximum Gasteiger partial charge on any atom is 0.275 e. The molecular formula is C7H9ClN2OS. The van der Waals surface area contributed by atoms with Gasteiger partial charge in [0.1, 0.15) is 0 Å². The van der Waals surface area contributed by atoms with E-state index in [2.05, 4.69) is 5.43 Å². The zero-order valence-electron chi connectivity index (χ0n) is 6.80. The molecule has 0 aliphatic rings. The van der Waals surface area contributed by atoms with E-state index in [1.54, 1.807) is 31.2 Å². The number of carbonyl (C=O) groups is 1. The van der Waals surface area contributed by atoms with Gasteiger partial charge in [-0.1, -0.05) is 11.6 Å². The highest BCUT2D eigenvalue weighted by atomic mass is 35.5. The Hall–Kier alpha value is -0.580. The molecule has 1 amide bonds. The third-order valence-electron chi connectivity index (χ3n) is 1.12. The van der Waals surface area contributed by atoms with Crippen LogP contribution in [0.1, 0.15) is 9.67 Å². The summed E-state index contributed by atoms with van der Waals surface area (Å²) in [5.41, 5.74) is 2.62. The third-order valence-corrected chi connectivity index (χ3v) is 2.35. The average Bonchev–Trinajstić information content (AvgIpc) is 2.34. The molecule has 1 aromatic heterocycles. The van der Waals surface area contributed by atoms with Crippen molar-refractivity contribution in [3.63, 3.8) is 0 Å². The zero-order chi connectivity index (χ0) is 9.14. The molecule has 0 bridgehead atoms. The summed E-state index contributed by atoms with van der Waals surface area (Å²) in [6.07, 6.45) is 0. The number of hydrazine groups is 1. The molecule has 0 aromatic carbocycles. The van der Waals surface area contributed by atoms with Crippen LogP contribution >= 0.6 is 22.9 Å². The minimum atomic E-state index is -0.128. The van der Waals surface area contributed by atoms with Crippen LogP contribution in [0.2, 0.25) is 4.34 Å². The fourth-order valence-electron chi connectivity index (χ4n) is 0.695. The predicted molar refractivity (Wildman–Crippen MR) is 50.5 cm³/mol. The van der Waals surface area contributed by atoms with E-state index < -0.39 is 0 Å². The highest BCUT2D eigenvalue weighted by Crippen LogP contribution is 2.20. The van der Waals surface area contributed by atoms with Crippen LogP contribution < -0.4 is 5.43 Å². The molecule has 0 radical (unpaired) electrons. The van der Waals surface area contributed by atoms with Gasteiger partial charge in [-0.3, -0.25) is 10.2 Å². The van der Waals surface area contributed by atoms with Crippen LogP contribution in [0, 0.1) is 0 Å². The summed E-state index contributed by atoms with van der Waals surface area (Å²) >= 11 is 6.93. The van der Waals surface area contributed by atoms with E-state index >= 15 is 0 Å². The van der Waals surface area contributed by atoms with E-state index in [0.29, 0.717) is 9.21 Å². The summed E-state index contributed by atoms with van der Waals surface area (Å²) in [6, 6.07) is 3.41. The number of halogens is 1. The topological polar surface area (TPSA) is 32.3 Å². The van der Waals surface area contributed by atoms with Crippen LogP contribution in [0.5, 0.6) is 0 Å². The molecule has 1 heterocycles. The van der Waals surface area contributed by atoms with Crippen molar-refractivity contribution in [3.05, 3.63) is 21.3 Å². The number of amides is 1. The van der Waals surface area contributed by atoms with Gasteiger partial charge in [0.25, 0.3) is 5.91 Å². The molecular weight excluding hydrogens is 196 g/mol. The monoisotopic (exact) mass is 204 g/mol. The van der Waals surface area contributed by atoms with Gasteiger partial charge in [-0.2, -0.15) is 0 Å². The van der Waals surface area contributed by atoms with Crippen molar-refractivity contribution in [2.75, 3.05) is 14.1 Å². The average molecular weight is 205 g/mol. The van der Waals surface area contributed by atoms with Crippen LogP contribution in [0.4, 0.5) is 0 Å². The van der Waals surface area contributed by atoms with Gasteiger partial charge in [0.15, 0.2) is 0 Å². The van der Waals surface area contributed by atoms with Gasteiger partial charge in [-0.25, -0.2) is 5.01 Å². The molecule has 1 rings (SSSR count). The smallest absolute Gasteiger partial charge is 0.275 e. The number of carbonyl (C=O) groups excluding carboxylic acids is 1. The lowest BCUT2D eigenvalue weighted by Crippen LogP contribution is -2.35. The third kappa shape index (κ3) is 2.48. The van der Waals surface area contributed by atoms with E-state index in [-0.39, 0.29) is 5.91 Å². The van der Waals surface area contributed by atoms with Crippen molar-refractivity contribution < 1.29 is 4.79 Å². The van der Waals surface area contributed by atoms with Gasteiger partial charge in [0.05, 0.1) is 9.21 Å². The molecule has 5 heteroatoms. The van der Waals surface area contributed by atoms with Gasteiger partial charge in [0, 0.05) is 14.1 Å². The van der Waals surface area contributed by atoms with Gasteiger partial charge in [0.2, 0.25) is 0 Å². The standard InChI is InChI=1S/C7H9ClN2OS/c1-10(2)9-7(11)5-3-4-6(8)12-5/h3-4H,1-2H3,(H,9,11). The fourth-order valence-corrected chi connectivity index (χ4v) is 1.63. The van der Waals surface area contributed by atoms with Crippen LogP contribution in [0.15, 0.2) is 12.1 Å².